The lowest BCUT2D eigenvalue weighted by Crippen LogP contribution is -2.22. The Labute approximate surface area is 101 Å². The third kappa shape index (κ3) is 2.05. The first-order chi connectivity index (χ1) is 8.34. The molecular formula is C13H17N3O. The molecule has 4 heteroatoms. The lowest BCUT2D eigenvalue weighted by atomic mass is 10.1. The monoisotopic (exact) mass is 231 g/mol. The molecule has 1 aliphatic rings. The molecule has 0 N–H and O–H groups in total. The van der Waals surface area contributed by atoms with E-state index in [2.05, 4.69) is 27.6 Å². The summed E-state index contributed by atoms with van der Waals surface area (Å²) >= 11 is 0. The van der Waals surface area contributed by atoms with Crippen molar-refractivity contribution in [3.63, 3.8) is 0 Å². The van der Waals surface area contributed by atoms with Crippen LogP contribution >= 0.6 is 0 Å². The molecule has 0 bridgehead atoms. The molecule has 0 aromatic carbocycles. The lowest BCUT2D eigenvalue weighted by Gasteiger charge is -2.21. The zero-order valence-electron chi connectivity index (χ0n) is 10.1. The Balaban J connectivity index is 1.87. The summed E-state index contributed by atoms with van der Waals surface area (Å²) in [6.07, 6.45) is 6.80. The molecule has 0 saturated carbocycles. The Morgan fingerprint density at radius 1 is 1.41 bits per heavy atom. The van der Waals surface area contributed by atoms with Crippen LogP contribution in [0.2, 0.25) is 0 Å². The first-order valence-corrected chi connectivity index (χ1v) is 6.25. The van der Waals surface area contributed by atoms with Crippen LogP contribution in [0.25, 0.3) is 5.65 Å². The predicted octanol–water partition coefficient (Wildman–Crippen LogP) is 2.15. The van der Waals surface area contributed by atoms with Gasteiger partial charge in [-0.15, -0.1) is 10.2 Å². The molecule has 0 radical (unpaired) electrons. The lowest BCUT2D eigenvalue weighted by molar-refractivity contribution is 0.0155. The average molecular weight is 231 g/mol. The van der Waals surface area contributed by atoms with Crippen molar-refractivity contribution in [3.05, 3.63) is 29.7 Å². The minimum absolute atomic E-state index is 0.316. The highest BCUT2D eigenvalue weighted by Gasteiger charge is 2.17. The van der Waals surface area contributed by atoms with E-state index in [1.165, 1.54) is 12.8 Å². The third-order valence-corrected chi connectivity index (χ3v) is 3.38. The minimum Gasteiger partial charge on any atom is -0.378 e. The zero-order valence-corrected chi connectivity index (χ0v) is 10.1. The van der Waals surface area contributed by atoms with Crippen LogP contribution in [-0.2, 0) is 11.2 Å². The normalized spacial score (nSPS) is 20.9. The van der Waals surface area contributed by atoms with Crippen LogP contribution in [-0.4, -0.2) is 27.3 Å². The van der Waals surface area contributed by atoms with Crippen molar-refractivity contribution in [1.82, 2.24) is 14.6 Å². The summed E-state index contributed by atoms with van der Waals surface area (Å²) in [7, 11) is 0. The maximum atomic E-state index is 5.75. The fourth-order valence-corrected chi connectivity index (χ4v) is 2.41. The molecule has 1 unspecified atom stereocenters. The molecule has 0 spiro atoms. The van der Waals surface area contributed by atoms with Crippen molar-refractivity contribution in [2.75, 3.05) is 6.61 Å². The maximum Gasteiger partial charge on any atom is 0.163 e. The number of aryl methyl sites for hydroxylation is 1. The van der Waals surface area contributed by atoms with E-state index in [1.54, 1.807) is 0 Å². The minimum atomic E-state index is 0.316. The van der Waals surface area contributed by atoms with Crippen molar-refractivity contribution in [1.29, 1.82) is 0 Å². The van der Waals surface area contributed by atoms with Gasteiger partial charge in [0.05, 0.1) is 6.10 Å². The second kappa shape index (κ2) is 4.45. The van der Waals surface area contributed by atoms with E-state index in [0.29, 0.717) is 6.10 Å². The van der Waals surface area contributed by atoms with Crippen LogP contribution in [0.3, 0.4) is 0 Å². The first kappa shape index (κ1) is 10.7. The highest BCUT2D eigenvalue weighted by Crippen LogP contribution is 2.17. The number of nitrogens with zero attached hydrogens (tertiary/aromatic N) is 3. The second-order valence-corrected chi connectivity index (χ2v) is 4.69. The van der Waals surface area contributed by atoms with E-state index in [9.17, 15) is 0 Å². The van der Waals surface area contributed by atoms with Crippen LogP contribution in [0.4, 0.5) is 0 Å². The van der Waals surface area contributed by atoms with Crippen LogP contribution in [0, 0.1) is 6.92 Å². The molecule has 3 rings (SSSR count). The quantitative estimate of drug-likeness (QED) is 0.795. The van der Waals surface area contributed by atoms with Gasteiger partial charge in [-0.2, -0.15) is 0 Å². The van der Waals surface area contributed by atoms with Crippen LogP contribution in [0.1, 0.15) is 30.7 Å². The van der Waals surface area contributed by atoms with Crippen molar-refractivity contribution in [2.45, 2.75) is 38.7 Å². The van der Waals surface area contributed by atoms with E-state index in [0.717, 1.165) is 36.5 Å². The molecule has 17 heavy (non-hydrogen) atoms. The Hall–Kier alpha value is -1.42. The topological polar surface area (TPSA) is 39.4 Å². The van der Waals surface area contributed by atoms with Gasteiger partial charge in [-0.1, -0.05) is 6.07 Å². The van der Waals surface area contributed by atoms with Gasteiger partial charge in [0.1, 0.15) is 5.82 Å². The smallest absolute Gasteiger partial charge is 0.163 e. The van der Waals surface area contributed by atoms with Gasteiger partial charge in [0.25, 0.3) is 0 Å². The molecule has 0 aliphatic carbocycles. The third-order valence-electron chi connectivity index (χ3n) is 3.38. The first-order valence-electron chi connectivity index (χ1n) is 6.25. The molecule has 1 saturated heterocycles. The molecule has 4 nitrogen and oxygen atoms in total. The van der Waals surface area contributed by atoms with Gasteiger partial charge in [-0.25, -0.2) is 0 Å². The summed E-state index contributed by atoms with van der Waals surface area (Å²) in [5.74, 6) is 1.01. The van der Waals surface area contributed by atoms with Gasteiger partial charge in [0, 0.05) is 19.2 Å². The summed E-state index contributed by atoms with van der Waals surface area (Å²) < 4.78 is 7.83. The highest BCUT2D eigenvalue weighted by atomic mass is 16.5. The second-order valence-electron chi connectivity index (χ2n) is 4.69. The van der Waals surface area contributed by atoms with Crippen LogP contribution in [0.15, 0.2) is 18.3 Å². The molecule has 0 amide bonds. The van der Waals surface area contributed by atoms with Crippen molar-refractivity contribution >= 4 is 5.65 Å². The van der Waals surface area contributed by atoms with Gasteiger partial charge < -0.3 is 4.74 Å². The molecule has 1 atom stereocenters. The number of fused-ring (bicyclic) bond motifs is 1. The number of aromatic nitrogens is 3. The largest absolute Gasteiger partial charge is 0.378 e. The number of pyridine rings is 1. The Morgan fingerprint density at radius 2 is 2.35 bits per heavy atom. The van der Waals surface area contributed by atoms with Gasteiger partial charge in [0.2, 0.25) is 0 Å². The summed E-state index contributed by atoms with van der Waals surface area (Å²) in [6.45, 7) is 2.95. The molecule has 1 aliphatic heterocycles. The fraction of sp³-hybridized carbons (Fsp3) is 0.538. The molecule has 2 aromatic heterocycles. The van der Waals surface area contributed by atoms with Crippen LogP contribution < -0.4 is 0 Å². The maximum absolute atomic E-state index is 5.75. The van der Waals surface area contributed by atoms with Gasteiger partial charge in [-0.3, -0.25) is 4.40 Å². The average Bonchev–Trinajstić information content (AvgIpc) is 2.76. The van der Waals surface area contributed by atoms with E-state index in [1.807, 2.05) is 12.3 Å². The van der Waals surface area contributed by atoms with E-state index in [4.69, 9.17) is 4.74 Å². The van der Waals surface area contributed by atoms with E-state index < -0.39 is 0 Å². The molecule has 2 aromatic rings. The van der Waals surface area contributed by atoms with Crippen molar-refractivity contribution < 1.29 is 4.74 Å². The standard InChI is InChI=1S/C13H17N3O/c1-10-5-4-7-16-12(14-15-13(10)16)9-11-6-2-3-8-17-11/h4-5,7,11H,2-3,6,8-9H2,1H3. The predicted molar refractivity (Wildman–Crippen MR) is 65.0 cm³/mol. The van der Waals surface area contributed by atoms with Gasteiger partial charge in [-0.05, 0) is 37.8 Å². The molecule has 90 valence electrons. The fourth-order valence-electron chi connectivity index (χ4n) is 2.41. The van der Waals surface area contributed by atoms with Gasteiger partial charge in [0.15, 0.2) is 5.65 Å². The molecule has 3 heterocycles. The number of hydrogen-bond acceptors (Lipinski definition) is 3. The zero-order chi connectivity index (χ0) is 11.7. The number of ether oxygens (including phenoxy) is 1. The van der Waals surface area contributed by atoms with Crippen molar-refractivity contribution in [3.8, 4) is 0 Å². The summed E-state index contributed by atoms with van der Waals surface area (Å²) in [6, 6.07) is 4.10. The summed E-state index contributed by atoms with van der Waals surface area (Å²) in [5, 5.41) is 8.52. The summed E-state index contributed by atoms with van der Waals surface area (Å²) in [4.78, 5) is 0. The van der Waals surface area contributed by atoms with Crippen LogP contribution in [0.5, 0.6) is 0 Å². The molecular weight excluding hydrogens is 214 g/mol. The van der Waals surface area contributed by atoms with E-state index in [-0.39, 0.29) is 0 Å². The SMILES string of the molecule is Cc1cccn2c(CC3CCCCO3)nnc12. The van der Waals surface area contributed by atoms with E-state index >= 15 is 0 Å². The highest BCUT2D eigenvalue weighted by molar-refractivity contribution is 5.46. The summed E-state index contributed by atoms with van der Waals surface area (Å²) in [5.41, 5.74) is 2.12. The Morgan fingerprint density at radius 3 is 3.18 bits per heavy atom. The number of rotatable bonds is 2. The Bertz CT molecular complexity index is 514. The van der Waals surface area contributed by atoms with Gasteiger partial charge >= 0.3 is 0 Å². The Kier molecular flexibility index (Phi) is 2.81. The molecule has 1 fully saturated rings. The van der Waals surface area contributed by atoms with Crippen molar-refractivity contribution in [2.24, 2.45) is 0 Å². The number of hydrogen-bond donors (Lipinski definition) is 0.